The maximum absolute atomic E-state index is 4.98. The number of hydrogen-bond donors (Lipinski definition) is 0. The van der Waals surface area contributed by atoms with Crippen LogP contribution in [-0.4, -0.2) is 19.1 Å². The van der Waals surface area contributed by atoms with Crippen LogP contribution in [0.1, 0.15) is 0 Å². The summed E-state index contributed by atoms with van der Waals surface area (Å²) >= 11 is 1.79. The molecule has 0 saturated heterocycles. The fourth-order valence-electron chi connectivity index (χ4n) is 9.70. The highest BCUT2D eigenvalue weighted by atomic mass is 32.1. The maximum atomic E-state index is 4.98. The monoisotopic (exact) mass is 742 g/mol. The molecule has 0 unspecified atom stereocenters. The third-order valence-corrected chi connectivity index (χ3v) is 13.1. The third kappa shape index (κ3) is 4.21. The van der Waals surface area contributed by atoms with E-state index in [4.69, 9.17) is 4.98 Å². The summed E-state index contributed by atoms with van der Waals surface area (Å²) in [7, 11) is 0. The average Bonchev–Trinajstić information content (AvgIpc) is 3.95. The van der Waals surface area contributed by atoms with Crippen LogP contribution in [0.3, 0.4) is 0 Å². The zero-order valence-corrected chi connectivity index (χ0v) is 31.3. The fourth-order valence-corrected chi connectivity index (χ4v) is 10.9. The Labute approximate surface area is 330 Å². The molecular formula is C52H30N4S. The fraction of sp³-hybridized carbons (Fsp3) is 0. The van der Waals surface area contributed by atoms with Gasteiger partial charge >= 0.3 is 0 Å². The summed E-state index contributed by atoms with van der Waals surface area (Å²) in [6.07, 6.45) is 3.66. The number of benzene rings is 9. The first-order valence-electron chi connectivity index (χ1n) is 19.3. The lowest BCUT2D eigenvalue weighted by atomic mass is 9.92. The van der Waals surface area contributed by atoms with Gasteiger partial charge in [0, 0.05) is 44.5 Å². The van der Waals surface area contributed by atoms with Crippen LogP contribution in [0.25, 0.3) is 119 Å². The number of nitrogens with zero attached hydrogens (tertiary/aromatic N) is 4. The van der Waals surface area contributed by atoms with Crippen molar-refractivity contribution in [2.75, 3.05) is 0 Å². The summed E-state index contributed by atoms with van der Waals surface area (Å²) in [5.74, 6) is 0. The van der Waals surface area contributed by atoms with Gasteiger partial charge in [-0.3, -0.25) is 0 Å². The van der Waals surface area contributed by atoms with E-state index in [1.54, 1.807) is 17.7 Å². The molecule has 57 heavy (non-hydrogen) atoms. The molecule has 0 aliphatic heterocycles. The maximum Gasteiger partial charge on any atom is 0.116 e. The van der Waals surface area contributed by atoms with E-state index in [-0.39, 0.29) is 0 Å². The first-order chi connectivity index (χ1) is 28.3. The van der Waals surface area contributed by atoms with Gasteiger partial charge in [0.25, 0.3) is 0 Å². The van der Waals surface area contributed by atoms with Crippen LogP contribution < -0.4 is 0 Å². The van der Waals surface area contributed by atoms with E-state index in [0.29, 0.717) is 0 Å². The molecule has 0 radical (unpaired) electrons. The molecule has 0 bridgehead atoms. The molecule has 4 heterocycles. The lowest BCUT2D eigenvalue weighted by Crippen LogP contribution is -1.96. The predicted octanol–water partition coefficient (Wildman–Crippen LogP) is 14.2. The predicted molar refractivity (Wildman–Crippen MR) is 242 cm³/mol. The third-order valence-electron chi connectivity index (χ3n) is 12.0. The molecule has 4 aromatic heterocycles. The Balaban J connectivity index is 1.16. The number of hydrogen-bond acceptors (Lipinski definition) is 3. The number of para-hydroxylation sites is 3. The summed E-state index contributed by atoms with van der Waals surface area (Å²) in [6, 6.07) is 62.2. The molecule has 4 nitrogen and oxygen atoms in total. The van der Waals surface area contributed by atoms with Gasteiger partial charge in [0.1, 0.15) is 6.33 Å². The van der Waals surface area contributed by atoms with Crippen LogP contribution in [0.2, 0.25) is 0 Å². The first kappa shape index (κ1) is 30.9. The van der Waals surface area contributed by atoms with Gasteiger partial charge in [0.05, 0.1) is 37.0 Å². The van der Waals surface area contributed by atoms with Crippen LogP contribution in [0.15, 0.2) is 182 Å². The Morgan fingerprint density at radius 3 is 1.65 bits per heavy atom. The molecule has 0 saturated carbocycles. The van der Waals surface area contributed by atoms with Crippen molar-refractivity contribution in [3.8, 4) is 22.5 Å². The Bertz CT molecular complexity index is 3780. The highest BCUT2D eigenvalue weighted by molar-refractivity contribution is 7.26. The molecule has 5 heteroatoms. The number of aromatic nitrogens is 4. The second kappa shape index (κ2) is 11.6. The first-order valence-corrected chi connectivity index (χ1v) is 20.1. The minimum Gasteiger partial charge on any atom is -0.308 e. The average molecular weight is 743 g/mol. The largest absolute Gasteiger partial charge is 0.308 e. The van der Waals surface area contributed by atoms with E-state index in [9.17, 15) is 0 Å². The molecule has 0 atom stereocenters. The summed E-state index contributed by atoms with van der Waals surface area (Å²) in [6.45, 7) is 0. The van der Waals surface area contributed by atoms with Gasteiger partial charge in [-0.2, -0.15) is 0 Å². The van der Waals surface area contributed by atoms with Crippen molar-refractivity contribution in [3.63, 3.8) is 0 Å². The van der Waals surface area contributed by atoms with Crippen LogP contribution in [0.4, 0.5) is 0 Å². The second-order valence-corrected chi connectivity index (χ2v) is 16.0. The second-order valence-electron chi connectivity index (χ2n) is 14.9. The van der Waals surface area contributed by atoms with Gasteiger partial charge < -0.3 is 9.13 Å². The zero-order chi connectivity index (χ0) is 37.2. The van der Waals surface area contributed by atoms with Crippen molar-refractivity contribution in [2.24, 2.45) is 0 Å². The van der Waals surface area contributed by atoms with E-state index in [1.165, 1.54) is 91.8 Å². The molecule has 0 aliphatic carbocycles. The standard InChI is InChI=1S/C52H30N4S/c1-2-14-33(15-3-1)55-43-23-10-8-21-40(43)46-47-41-22-9-11-24-44(41)56(51(47)52-48(50(46)55)49-45(57-52)29-53-30-54-49)34-16-12-13-31(27-34)32-25-26-39-37-19-5-4-17-35(37)36-18-6-7-20-38(36)42(39)28-32/h1-30H. The number of rotatable bonds is 3. The summed E-state index contributed by atoms with van der Waals surface area (Å²) < 4.78 is 7.23. The highest BCUT2D eigenvalue weighted by Gasteiger charge is 2.27. The minimum absolute atomic E-state index is 0.985. The van der Waals surface area contributed by atoms with Crippen LogP contribution >= 0.6 is 11.3 Å². The summed E-state index contributed by atoms with van der Waals surface area (Å²) in [4.78, 5) is 9.49. The van der Waals surface area contributed by atoms with E-state index >= 15 is 0 Å². The smallest absolute Gasteiger partial charge is 0.116 e. The Morgan fingerprint density at radius 1 is 0.404 bits per heavy atom. The quantitative estimate of drug-likeness (QED) is 0.169. The zero-order valence-electron chi connectivity index (χ0n) is 30.5. The molecule has 13 aromatic rings. The topological polar surface area (TPSA) is 35.6 Å². The van der Waals surface area contributed by atoms with Gasteiger partial charge in [-0.05, 0) is 85.9 Å². The van der Waals surface area contributed by atoms with Crippen LogP contribution in [0.5, 0.6) is 0 Å². The molecule has 9 aromatic carbocycles. The molecule has 13 rings (SSSR count). The molecule has 0 aliphatic rings. The van der Waals surface area contributed by atoms with E-state index in [1.807, 2.05) is 6.20 Å². The van der Waals surface area contributed by atoms with Crippen molar-refractivity contribution in [2.45, 2.75) is 0 Å². The molecule has 0 fully saturated rings. The van der Waals surface area contributed by atoms with Crippen molar-refractivity contribution in [1.29, 1.82) is 0 Å². The highest BCUT2D eigenvalue weighted by Crippen LogP contribution is 2.51. The Hall–Kier alpha value is -7.34. The van der Waals surface area contributed by atoms with Crippen molar-refractivity contribution in [1.82, 2.24) is 19.1 Å². The SMILES string of the molecule is c1ccc(-n2c3ccccc3c3c4c5ccccc5n(-c5cccc(-c6ccc7c8ccccc8c8ccccc8c7c6)c5)c4c4sc5cncnc5c4c32)cc1. The normalized spacial score (nSPS) is 12.2. The minimum atomic E-state index is 0.985. The summed E-state index contributed by atoms with van der Waals surface area (Å²) in [5, 5.41) is 13.8. The van der Waals surface area contributed by atoms with E-state index in [0.717, 1.165) is 27.0 Å². The number of thiophene rings is 1. The van der Waals surface area contributed by atoms with Gasteiger partial charge in [-0.25, -0.2) is 9.97 Å². The van der Waals surface area contributed by atoms with Gasteiger partial charge in [0.2, 0.25) is 0 Å². The Morgan fingerprint density at radius 2 is 0.947 bits per heavy atom. The molecule has 0 spiro atoms. The van der Waals surface area contributed by atoms with E-state index in [2.05, 4.69) is 184 Å². The molecular weight excluding hydrogens is 713 g/mol. The summed E-state index contributed by atoms with van der Waals surface area (Å²) in [5.41, 5.74) is 10.3. The molecule has 0 amide bonds. The lowest BCUT2D eigenvalue weighted by molar-refractivity contribution is 1.18. The van der Waals surface area contributed by atoms with E-state index < -0.39 is 0 Å². The Kier molecular flexibility index (Phi) is 6.29. The van der Waals surface area contributed by atoms with Crippen LogP contribution in [-0.2, 0) is 0 Å². The number of fused-ring (bicyclic) bond motifs is 18. The lowest BCUT2D eigenvalue weighted by Gasteiger charge is -2.14. The molecule has 264 valence electrons. The van der Waals surface area contributed by atoms with Crippen LogP contribution in [0, 0.1) is 0 Å². The van der Waals surface area contributed by atoms with Gasteiger partial charge in [-0.1, -0.05) is 127 Å². The van der Waals surface area contributed by atoms with Crippen molar-refractivity contribution < 1.29 is 0 Å². The van der Waals surface area contributed by atoms with Crippen molar-refractivity contribution >= 4 is 108 Å². The van der Waals surface area contributed by atoms with Gasteiger partial charge in [-0.15, -0.1) is 11.3 Å². The van der Waals surface area contributed by atoms with Gasteiger partial charge in [0.15, 0.2) is 0 Å². The van der Waals surface area contributed by atoms with Crippen molar-refractivity contribution in [3.05, 3.63) is 182 Å². The molecule has 0 N–H and O–H groups in total.